The molecule has 0 saturated carbocycles. The molecule has 98 valence electrons. The molecule has 0 bridgehead atoms. The van der Waals surface area contributed by atoms with E-state index in [9.17, 15) is 4.79 Å². The van der Waals surface area contributed by atoms with E-state index in [-0.39, 0.29) is 5.91 Å². The average molecular weight is 267 g/mol. The number of nitrogens with one attached hydrogen (secondary N) is 1. The Hall–Kier alpha value is -1.06. The number of carbonyl (C=O) groups is 1. The van der Waals surface area contributed by atoms with Gasteiger partial charge in [0.1, 0.15) is 0 Å². The van der Waals surface area contributed by atoms with Gasteiger partial charge in [-0.15, -0.1) is 0 Å². The van der Waals surface area contributed by atoms with Crippen LogP contribution >= 0.6 is 11.6 Å². The second kappa shape index (κ2) is 6.76. The van der Waals surface area contributed by atoms with Crippen LogP contribution in [-0.2, 0) is 11.2 Å². The maximum atomic E-state index is 11.7. The van der Waals surface area contributed by atoms with Crippen molar-refractivity contribution in [3.8, 4) is 0 Å². The summed E-state index contributed by atoms with van der Waals surface area (Å²) in [6.45, 7) is 3.33. The van der Waals surface area contributed by atoms with Crippen molar-refractivity contribution in [2.45, 2.75) is 19.3 Å². The summed E-state index contributed by atoms with van der Waals surface area (Å²) < 4.78 is 0. The van der Waals surface area contributed by atoms with E-state index in [1.165, 1.54) is 12.8 Å². The van der Waals surface area contributed by atoms with E-state index in [2.05, 4.69) is 10.2 Å². The molecule has 1 saturated heterocycles. The van der Waals surface area contributed by atoms with Gasteiger partial charge in [-0.3, -0.25) is 9.69 Å². The van der Waals surface area contributed by atoms with E-state index in [4.69, 9.17) is 11.6 Å². The minimum Gasteiger partial charge on any atom is -0.355 e. The van der Waals surface area contributed by atoms with Gasteiger partial charge in [-0.2, -0.15) is 0 Å². The van der Waals surface area contributed by atoms with Gasteiger partial charge in [0.15, 0.2) is 0 Å². The van der Waals surface area contributed by atoms with Crippen LogP contribution in [0.15, 0.2) is 24.3 Å². The van der Waals surface area contributed by atoms with Crippen molar-refractivity contribution in [3.63, 3.8) is 0 Å². The largest absolute Gasteiger partial charge is 0.355 e. The fraction of sp³-hybridized carbons (Fsp3) is 0.500. The van der Waals surface area contributed by atoms with Crippen molar-refractivity contribution in [1.82, 2.24) is 10.2 Å². The lowest BCUT2D eigenvalue weighted by Crippen LogP contribution is -2.36. The highest BCUT2D eigenvalue weighted by molar-refractivity contribution is 6.30. The molecule has 1 fully saturated rings. The van der Waals surface area contributed by atoms with Crippen LogP contribution in [0.3, 0.4) is 0 Å². The van der Waals surface area contributed by atoms with Crippen LogP contribution in [0.4, 0.5) is 0 Å². The van der Waals surface area contributed by atoms with Gasteiger partial charge in [0.25, 0.3) is 0 Å². The Balaban J connectivity index is 1.66. The second-order valence-electron chi connectivity index (χ2n) is 4.71. The fourth-order valence-corrected chi connectivity index (χ4v) is 2.45. The molecule has 1 aromatic carbocycles. The number of nitrogens with zero attached hydrogens (tertiary/aromatic N) is 1. The number of hydrogen-bond acceptors (Lipinski definition) is 2. The van der Waals surface area contributed by atoms with Gasteiger partial charge in [0, 0.05) is 11.6 Å². The highest BCUT2D eigenvalue weighted by Gasteiger charge is 2.14. The summed E-state index contributed by atoms with van der Waals surface area (Å²) in [6.07, 6.45) is 3.26. The van der Waals surface area contributed by atoms with Crippen molar-refractivity contribution >= 4 is 17.5 Å². The average Bonchev–Trinajstić information content (AvgIpc) is 2.82. The lowest BCUT2D eigenvalue weighted by Gasteiger charge is -2.14. The molecule has 1 N–H and O–H groups in total. The first kappa shape index (κ1) is 13.4. The maximum absolute atomic E-state index is 11.7. The lowest BCUT2D eigenvalue weighted by atomic mass is 10.1. The summed E-state index contributed by atoms with van der Waals surface area (Å²) in [5.74, 6) is 0.124. The van der Waals surface area contributed by atoms with Crippen LogP contribution < -0.4 is 5.32 Å². The van der Waals surface area contributed by atoms with Crippen LogP contribution in [0, 0.1) is 0 Å². The summed E-state index contributed by atoms with van der Waals surface area (Å²) in [7, 11) is 0. The zero-order valence-corrected chi connectivity index (χ0v) is 11.2. The quantitative estimate of drug-likeness (QED) is 0.885. The molecule has 1 heterocycles. The third kappa shape index (κ3) is 4.31. The SMILES string of the molecule is O=C(CN1CCCC1)NCCc1cccc(Cl)c1. The number of rotatable bonds is 5. The summed E-state index contributed by atoms with van der Waals surface area (Å²) in [4.78, 5) is 13.9. The molecular formula is C14H19ClN2O. The summed E-state index contributed by atoms with van der Waals surface area (Å²) in [5.41, 5.74) is 1.16. The molecule has 0 radical (unpaired) electrons. The van der Waals surface area contributed by atoms with E-state index in [1.54, 1.807) is 0 Å². The second-order valence-corrected chi connectivity index (χ2v) is 5.15. The van der Waals surface area contributed by atoms with E-state index in [0.717, 1.165) is 30.1 Å². The Labute approximate surface area is 113 Å². The Morgan fingerprint density at radius 1 is 1.33 bits per heavy atom. The van der Waals surface area contributed by atoms with Crippen molar-refractivity contribution in [2.24, 2.45) is 0 Å². The number of likely N-dealkylation sites (tertiary alicyclic amines) is 1. The Morgan fingerprint density at radius 2 is 2.11 bits per heavy atom. The molecule has 0 unspecified atom stereocenters. The molecule has 1 aliphatic heterocycles. The molecule has 3 nitrogen and oxygen atoms in total. The van der Waals surface area contributed by atoms with Crippen LogP contribution in [0.2, 0.25) is 5.02 Å². The van der Waals surface area contributed by atoms with Gasteiger partial charge in [0.05, 0.1) is 6.54 Å². The Morgan fingerprint density at radius 3 is 2.83 bits per heavy atom. The fourth-order valence-electron chi connectivity index (χ4n) is 2.24. The van der Waals surface area contributed by atoms with E-state index < -0.39 is 0 Å². The lowest BCUT2D eigenvalue weighted by molar-refractivity contribution is -0.121. The molecule has 0 spiro atoms. The van der Waals surface area contributed by atoms with Crippen LogP contribution in [0.25, 0.3) is 0 Å². The maximum Gasteiger partial charge on any atom is 0.234 e. The molecule has 2 rings (SSSR count). The molecule has 0 aromatic heterocycles. The number of hydrogen-bond donors (Lipinski definition) is 1. The van der Waals surface area contributed by atoms with Gasteiger partial charge >= 0.3 is 0 Å². The predicted molar refractivity (Wildman–Crippen MR) is 73.8 cm³/mol. The first-order valence-corrected chi connectivity index (χ1v) is 6.85. The monoisotopic (exact) mass is 266 g/mol. The van der Waals surface area contributed by atoms with Crippen molar-refractivity contribution in [3.05, 3.63) is 34.9 Å². The molecule has 1 aliphatic rings. The summed E-state index contributed by atoms with van der Waals surface area (Å²) in [6, 6.07) is 7.76. The third-order valence-corrected chi connectivity index (χ3v) is 3.43. The third-order valence-electron chi connectivity index (χ3n) is 3.19. The first-order valence-electron chi connectivity index (χ1n) is 6.47. The molecule has 18 heavy (non-hydrogen) atoms. The standard InChI is InChI=1S/C14H19ClN2O/c15-13-5-3-4-12(10-13)6-7-16-14(18)11-17-8-1-2-9-17/h3-5,10H,1-2,6-9,11H2,(H,16,18). The Kier molecular flexibility index (Phi) is 5.02. The van der Waals surface area contributed by atoms with Gasteiger partial charge in [-0.1, -0.05) is 23.7 Å². The topological polar surface area (TPSA) is 32.3 Å². The molecule has 1 aromatic rings. The van der Waals surface area contributed by atoms with Gasteiger partial charge in [-0.05, 0) is 50.0 Å². The molecule has 4 heteroatoms. The van der Waals surface area contributed by atoms with Gasteiger partial charge in [-0.25, -0.2) is 0 Å². The molecule has 0 aliphatic carbocycles. The van der Waals surface area contributed by atoms with E-state index >= 15 is 0 Å². The zero-order valence-electron chi connectivity index (χ0n) is 10.5. The Bertz CT molecular complexity index is 403. The van der Waals surface area contributed by atoms with Crippen molar-refractivity contribution in [1.29, 1.82) is 0 Å². The molecule has 1 amide bonds. The van der Waals surface area contributed by atoms with E-state index in [1.807, 2.05) is 24.3 Å². The van der Waals surface area contributed by atoms with Crippen LogP contribution in [0.1, 0.15) is 18.4 Å². The van der Waals surface area contributed by atoms with Crippen molar-refractivity contribution in [2.75, 3.05) is 26.2 Å². The summed E-state index contributed by atoms with van der Waals surface area (Å²) in [5, 5.41) is 3.70. The first-order chi connectivity index (χ1) is 8.74. The smallest absolute Gasteiger partial charge is 0.234 e. The highest BCUT2D eigenvalue weighted by Crippen LogP contribution is 2.10. The van der Waals surface area contributed by atoms with Gasteiger partial charge < -0.3 is 5.32 Å². The molecular weight excluding hydrogens is 248 g/mol. The number of amides is 1. The van der Waals surface area contributed by atoms with Crippen molar-refractivity contribution < 1.29 is 4.79 Å². The van der Waals surface area contributed by atoms with Crippen LogP contribution in [-0.4, -0.2) is 37.0 Å². The normalized spacial score (nSPS) is 15.8. The summed E-state index contributed by atoms with van der Waals surface area (Å²) >= 11 is 5.91. The number of halogens is 1. The molecule has 0 atom stereocenters. The van der Waals surface area contributed by atoms with Crippen LogP contribution in [0.5, 0.6) is 0 Å². The van der Waals surface area contributed by atoms with Gasteiger partial charge in [0.2, 0.25) is 5.91 Å². The van der Waals surface area contributed by atoms with E-state index in [0.29, 0.717) is 13.1 Å². The minimum atomic E-state index is 0.124. The predicted octanol–water partition coefficient (Wildman–Crippen LogP) is 2.09. The highest BCUT2D eigenvalue weighted by atomic mass is 35.5. The number of benzene rings is 1. The number of carbonyl (C=O) groups excluding carboxylic acids is 1. The minimum absolute atomic E-state index is 0.124. The zero-order chi connectivity index (χ0) is 12.8.